The molecule has 0 aliphatic heterocycles. The molecule has 6 heteroatoms. The largest absolute Gasteiger partial charge is 0.324 e. The van der Waals surface area contributed by atoms with Crippen LogP contribution in [0.5, 0.6) is 0 Å². The molecule has 2 heterocycles. The summed E-state index contributed by atoms with van der Waals surface area (Å²) in [5, 5.41) is 3.40. The Kier molecular flexibility index (Phi) is 5.27. The Morgan fingerprint density at radius 1 is 1.14 bits per heavy atom. The Morgan fingerprint density at radius 3 is 2.55 bits per heavy atom. The molecule has 0 saturated carbocycles. The molecule has 0 aliphatic rings. The van der Waals surface area contributed by atoms with E-state index in [4.69, 9.17) is 0 Å². The second-order valence-electron chi connectivity index (χ2n) is 6.87. The Morgan fingerprint density at radius 2 is 1.86 bits per heavy atom. The quantitative estimate of drug-likeness (QED) is 0.516. The van der Waals surface area contributed by atoms with Crippen molar-refractivity contribution in [2.24, 2.45) is 0 Å². The molecule has 0 fully saturated rings. The van der Waals surface area contributed by atoms with E-state index >= 15 is 0 Å². The van der Waals surface area contributed by atoms with E-state index in [1.54, 1.807) is 6.92 Å². The van der Waals surface area contributed by atoms with Crippen LogP contribution in [0.1, 0.15) is 25.5 Å². The lowest BCUT2D eigenvalue weighted by Crippen LogP contribution is -2.31. The number of hydrogen-bond donors (Lipinski definition) is 1. The van der Waals surface area contributed by atoms with Crippen molar-refractivity contribution in [3.8, 4) is 10.4 Å². The predicted molar refractivity (Wildman–Crippen MR) is 118 cm³/mol. The Bertz CT molecular complexity index is 1210. The maximum absolute atomic E-state index is 13.0. The lowest BCUT2D eigenvalue weighted by atomic mass is 10.1. The topological polar surface area (TPSA) is 64.0 Å². The average Bonchev–Trinajstić information content (AvgIpc) is 3.20. The van der Waals surface area contributed by atoms with Crippen molar-refractivity contribution >= 4 is 33.1 Å². The summed E-state index contributed by atoms with van der Waals surface area (Å²) in [6, 6.07) is 18.8. The van der Waals surface area contributed by atoms with Crippen LogP contribution in [0.3, 0.4) is 0 Å². The second-order valence-corrected chi connectivity index (χ2v) is 7.90. The number of thiophene rings is 1. The average molecular weight is 404 g/mol. The van der Waals surface area contributed by atoms with Gasteiger partial charge in [-0.2, -0.15) is 0 Å². The molecule has 4 rings (SSSR count). The van der Waals surface area contributed by atoms with Crippen molar-refractivity contribution in [1.82, 2.24) is 9.55 Å². The normalized spacial score (nSPS) is 12.1. The van der Waals surface area contributed by atoms with E-state index in [0.717, 1.165) is 16.9 Å². The summed E-state index contributed by atoms with van der Waals surface area (Å²) in [6.07, 6.45) is 2.40. The number of carbonyl (C=O) groups excluding carboxylic acids is 1. The molecule has 1 atom stereocenters. The molecule has 1 N–H and O–H groups in total. The third-order valence-electron chi connectivity index (χ3n) is 4.96. The molecular formula is C23H21N3O2S. The van der Waals surface area contributed by atoms with E-state index in [-0.39, 0.29) is 11.5 Å². The van der Waals surface area contributed by atoms with Gasteiger partial charge in [0.15, 0.2) is 0 Å². The van der Waals surface area contributed by atoms with Crippen LogP contribution < -0.4 is 10.9 Å². The van der Waals surface area contributed by atoms with Crippen molar-refractivity contribution in [3.63, 3.8) is 0 Å². The molecule has 0 unspecified atom stereocenters. The molecule has 0 saturated heterocycles. The Labute approximate surface area is 172 Å². The second kappa shape index (κ2) is 8.01. The van der Waals surface area contributed by atoms with Gasteiger partial charge in [-0.25, -0.2) is 4.98 Å². The van der Waals surface area contributed by atoms with Gasteiger partial charge in [0.1, 0.15) is 10.9 Å². The highest BCUT2D eigenvalue weighted by Crippen LogP contribution is 2.30. The highest BCUT2D eigenvalue weighted by molar-refractivity contribution is 7.21. The summed E-state index contributed by atoms with van der Waals surface area (Å²) >= 11 is 1.47. The molecule has 1 amide bonds. The molecule has 29 heavy (non-hydrogen) atoms. The summed E-state index contributed by atoms with van der Waals surface area (Å²) in [7, 11) is 0. The first-order chi connectivity index (χ1) is 14.1. The van der Waals surface area contributed by atoms with Crippen molar-refractivity contribution in [2.45, 2.75) is 26.3 Å². The zero-order valence-corrected chi connectivity index (χ0v) is 17.1. The van der Waals surface area contributed by atoms with Crippen molar-refractivity contribution < 1.29 is 4.79 Å². The molecule has 0 aliphatic carbocycles. The van der Waals surface area contributed by atoms with Gasteiger partial charge in [0.05, 0.1) is 11.7 Å². The lowest BCUT2D eigenvalue weighted by Gasteiger charge is -2.15. The fraction of sp³-hybridized carbons (Fsp3) is 0.174. The first kappa shape index (κ1) is 19.1. The van der Waals surface area contributed by atoms with Gasteiger partial charge in [-0.05, 0) is 42.7 Å². The molecule has 2 aromatic carbocycles. The minimum atomic E-state index is -0.676. The third-order valence-corrected chi connectivity index (χ3v) is 6.05. The zero-order chi connectivity index (χ0) is 20.4. The van der Waals surface area contributed by atoms with E-state index in [1.165, 1.54) is 27.8 Å². The number of rotatable bonds is 5. The van der Waals surface area contributed by atoms with Crippen LogP contribution in [0.4, 0.5) is 5.69 Å². The summed E-state index contributed by atoms with van der Waals surface area (Å²) in [6.45, 7) is 3.79. The lowest BCUT2D eigenvalue weighted by molar-refractivity contribution is -0.118. The van der Waals surface area contributed by atoms with Crippen molar-refractivity contribution in [1.29, 1.82) is 0 Å². The molecular weight excluding hydrogens is 382 g/mol. The van der Waals surface area contributed by atoms with E-state index in [0.29, 0.717) is 15.9 Å². The predicted octanol–water partition coefficient (Wildman–Crippen LogP) is 4.89. The molecule has 0 bridgehead atoms. The molecule has 0 spiro atoms. The number of nitrogens with zero attached hydrogens (tertiary/aromatic N) is 2. The number of aromatic nitrogens is 2. The van der Waals surface area contributed by atoms with Crippen LogP contribution in [0, 0.1) is 0 Å². The van der Waals surface area contributed by atoms with E-state index in [9.17, 15) is 9.59 Å². The smallest absolute Gasteiger partial charge is 0.262 e. The van der Waals surface area contributed by atoms with Gasteiger partial charge in [0.2, 0.25) is 5.91 Å². The summed E-state index contributed by atoms with van der Waals surface area (Å²) in [4.78, 5) is 31.8. The van der Waals surface area contributed by atoms with E-state index in [1.807, 2.05) is 60.7 Å². The van der Waals surface area contributed by atoms with Crippen LogP contribution >= 0.6 is 11.3 Å². The maximum atomic E-state index is 13.0. The summed E-state index contributed by atoms with van der Waals surface area (Å²) in [5.41, 5.74) is 2.75. The number of nitrogens with one attached hydrogen (secondary N) is 1. The standard InChI is InChI=1S/C23H21N3O2S/c1-3-16-9-11-18(12-10-16)25-21(27)15(2)26-14-24-22-19(23(26)28)13-20(29-22)17-7-5-4-6-8-17/h4-15H,3H2,1-2H3,(H,25,27)/t15-/m1/s1. The number of aryl methyl sites for hydroxylation is 1. The number of anilines is 1. The van der Waals surface area contributed by atoms with Crippen LogP contribution in [-0.4, -0.2) is 15.5 Å². The fourth-order valence-corrected chi connectivity index (χ4v) is 4.15. The van der Waals surface area contributed by atoms with Gasteiger partial charge >= 0.3 is 0 Å². The third kappa shape index (κ3) is 3.84. The highest BCUT2D eigenvalue weighted by atomic mass is 32.1. The van der Waals surface area contributed by atoms with Crippen LogP contribution in [0.25, 0.3) is 20.7 Å². The number of benzene rings is 2. The first-order valence-electron chi connectivity index (χ1n) is 9.52. The monoisotopic (exact) mass is 403 g/mol. The van der Waals surface area contributed by atoms with Gasteiger partial charge in [0, 0.05) is 10.6 Å². The summed E-state index contributed by atoms with van der Waals surface area (Å²) < 4.78 is 1.39. The molecule has 4 aromatic rings. The van der Waals surface area contributed by atoms with Gasteiger partial charge in [-0.15, -0.1) is 11.3 Å². The van der Waals surface area contributed by atoms with Crippen LogP contribution in [-0.2, 0) is 11.2 Å². The van der Waals surface area contributed by atoms with Gasteiger partial charge in [-0.3, -0.25) is 14.2 Å². The summed E-state index contributed by atoms with van der Waals surface area (Å²) in [5.74, 6) is -0.254. The SMILES string of the molecule is CCc1ccc(NC(=O)[C@@H](C)n2cnc3sc(-c4ccccc4)cc3c2=O)cc1. The number of carbonyl (C=O) groups is 1. The van der Waals surface area contributed by atoms with Gasteiger partial charge in [-0.1, -0.05) is 49.4 Å². The minimum Gasteiger partial charge on any atom is -0.324 e. The highest BCUT2D eigenvalue weighted by Gasteiger charge is 2.19. The minimum absolute atomic E-state index is 0.211. The molecule has 146 valence electrons. The van der Waals surface area contributed by atoms with Crippen LogP contribution in [0.2, 0.25) is 0 Å². The Balaban J connectivity index is 1.61. The van der Waals surface area contributed by atoms with Crippen LogP contribution in [0.15, 0.2) is 71.8 Å². The number of amides is 1. The maximum Gasteiger partial charge on any atom is 0.262 e. The molecule has 0 radical (unpaired) electrons. The van der Waals surface area contributed by atoms with E-state index < -0.39 is 6.04 Å². The van der Waals surface area contributed by atoms with Crippen molar-refractivity contribution in [3.05, 3.63) is 82.9 Å². The van der Waals surface area contributed by atoms with Gasteiger partial charge in [0.25, 0.3) is 5.56 Å². The van der Waals surface area contributed by atoms with Crippen molar-refractivity contribution in [2.75, 3.05) is 5.32 Å². The Hall–Kier alpha value is -3.25. The van der Waals surface area contributed by atoms with E-state index in [2.05, 4.69) is 17.2 Å². The molecule has 5 nitrogen and oxygen atoms in total. The first-order valence-corrected chi connectivity index (χ1v) is 10.3. The number of hydrogen-bond acceptors (Lipinski definition) is 4. The fourth-order valence-electron chi connectivity index (χ4n) is 3.15. The van der Waals surface area contributed by atoms with Gasteiger partial charge < -0.3 is 5.32 Å². The molecule has 2 aromatic heterocycles. The number of fused-ring (bicyclic) bond motifs is 1. The zero-order valence-electron chi connectivity index (χ0n) is 16.3.